The molecule has 3 heterocycles. The van der Waals surface area contributed by atoms with Crippen LogP contribution in [0.5, 0.6) is 0 Å². The number of hydrogen-bond acceptors (Lipinski definition) is 6. The van der Waals surface area contributed by atoms with Crippen LogP contribution in [0.25, 0.3) is 38.9 Å². The molecule has 1 fully saturated rings. The number of nitrogens with zero attached hydrogens (tertiary/aromatic N) is 6. The summed E-state index contributed by atoms with van der Waals surface area (Å²) in [4.78, 5) is 16.5. The lowest BCUT2D eigenvalue weighted by Crippen LogP contribution is -2.32. The average molecular weight is 450 g/mol. The van der Waals surface area contributed by atoms with E-state index in [0.717, 1.165) is 64.1 Å². The molecule has 0 bridgehead atoms. The fraction of sp³-hybridized carbons (Fsp3) is 0.259. The maximum Gasteiger partial charge on any atom is 0.153 e. The van der Waals surface area contributed by atoms with Gasteiger partial charge in [-0.2, -0.15) is 5.10 Å². The second kappa shape index (κ2) is 8.18. The third-order valence-corrected chi connectivity index (χ3v) is 6.75. The molecule has 1 saturated carbocycles. The van der Waals surface area contributed by atoms with Crippen LogP contribution in [-0.2, 0) is 0 Å². The van der Waals surface area contributed by atoms with Gasteiger partial charge in [-0.25, -0.2) is 19.5 Å². The summed E-state index contributed by atoms with van der Waals surface area (Å²) in [7, 11) is 4.25. The number of fused-ring (bicyclic) bond motifs is 2. The largest absolute Gasteiger partial charge is 0.382 e. The highest BCUT2D eigenvalue weighted by Gasteiger charge is 2.35. The van der Waals surface area contributed by atoms with Gasteiger partial charge in [0.25, 0.3) is 0 Å². The van der Waals surface area contributed by atoms with Crippen LogP contribution in [0.4, 0.5) is 5.82 Å². The molecule has 7 heteroatoms. The zero-order valence-corrected chi connectivity index (χ0v) is 19.4. The zero-order valence-electron chi connectivity index (χ0n) is 19.4. The number of pyridine rings is 1. The molecule has 5 aromatic rings. The SMILES string of the molecule is CN(C)CC1CC(c2nc(-c3ccc4ccc(-c5ccccc5)nc4c3)c3c(N)ncnn23)C1. The Morgan fingerprint density at radius 3 is 2.56 bits per heavy atom. The molecular formula is C27H27N7. The van der Waals surface area contributed by atoms with Gasteiger partial charge in [-0.3, -0.25) is 0 Å². The van der Waals surface area contributed by atoms with Crippen LogP contribution in [0.1, 0.15) is 24.6 Å². The van der Waals surface area contributed by atoms with Gasteiger partial charge in [-0.1, -0.05) is 48.5 Å². The van der Waals surface area contributed by atoms with Gasteiger partial charge in [0.2, 0.25) is 0 Å². The molecule has 0 aliphatic heterocycles. The number of rotatable bonds is 5. The monoisotopic (exact) mass is 449 g/mol. The van der Waals surface area contributed by atoms with E-state index in [-0.39, 0.29) is 0 Å². The van der Waals surface area contributed by atoms with Crippen molar-refractivity contribution in [2.45, 2.75) is 18.8 Å². The van der Waals surface area contributed by atoms with Crippen LogP contribution in [0.2, 0.25) is 0 Å². The summed E-state index contributed by atoms with van der Waals surface area (Å²) in [5.74, 6) is 2.49. The van der Waals surface area contributed by atoms with Crippen LogP contribution in [0.15, 0.2) is 67.0 Å². The smallest absolute Gasteiger partial charge is 0.153 e. The van der Waals surface area contributed by atoms with E-state index < -0.39 is 0 Å². The first-order chi connectivity index (χ1) is 16.6. The van der Waals surface area contributed by atoms with E-state index in [1.54, 1.807) is 0 Å². The maximum atomic E-state index is 6.34. The molecule has 0 radical (unpaired) electrons. The van der Waals surface area contributed by atoms with E-state index in [4.69, 9.17) is 15.7 Å². The minimum absolute atomic E-state index is 0.378. The van der Waals surface area contributed by atoms with Crippen molar-refractivity contribution in [1.82, 2.24) is 29.5 Å². The van der Waals surface area contributed by atoms with E-state index in [9.17, 15) is 0 Å². The molecule has 0 unspecified atom stereocenters. The van der Waals surface area contributed by atoms with Crippen molar-refractivity contribution in [3.05, 3.63) is 72.8 Å². The molecule has 1 aliphatic rings. The van der Waals surface area contributed by atoms with E-state index in [0.29, 0.717) is 17.7 Å². The van der Waals surface area contributed by atoms with Gasteiger partial charge in [0.15, 0.2) is 5.82 Å². The maximum absolute atomic E-state index is 6.34. The van der Waals surface area contributed by atoms with E-state index >= 15 is 0 Å². The first kappa shape index (κ1) is 20.7. The lowest BCUT2D eigenvalue weighted by Gasteiger charge is -2.35. The van der Waals surface area contributed by atoms with E-state index in [2.05, 4.69) is 71.5 Å². The fourth-order valence-corrected chi connectivity index (χ4v) is 5.09. The normalized spacial score (nSPS) is 18.0. The van der Waals surface area contributed by atoms with Gasteiger partial charge in [0.05, 0.1) is 11.2 Å². The third kappa shape index (κ3) is 3.58. The molecule has 7 nitrogen and oxygen atoms in total. The lowest BCUT2D eigenvalue weighted by molar-refractivity contribution is 0.193. The number of hydrogen-bond donors (Lipinski definition) is 1. The Morgan fingerprint density at radius 1 is 0.971 bits per heavy atom. The standard InChI is InChI=1S/C27H27N7/c1-33(2)15-17-12-21(13-17)27-32-24(25-26(28)29-16-30-34(25)27)20-9-8-19-10-11-22(31-23(19)14-20)18-6-4-3-5-7-18/h3-11,14,16-17,21H,12-13,15H2,1-2H3,(H2,28,29,30). The molecule has 2 aromatic carbocycles. The highest BCUT2D eigenvalue weighted by atomic mass is 15.3. The molecule has 2 N–H and O–H groups in total. The fourth-order valence-electron chi connectivity index (χ4n) is 5.09. The van der Waals surface area contributed by atoms with Gasteiger partial charge in [0.1, 0.15) is 23.4 Å². The number of anilines is 1. The van der Waals surface area contributed by atoms with Gasteiger partial charge in [-0.05, 0) is 45.0 Å². The quantitative estimate of drug-likeness (QED) is 0.421. The van der Waals surface area contributed by atoms with Gasteiger partial charge in [0, 0.05) is 29.0 Å². The summed E-state index contributed by atoms with van der Waals surface area (Å²) in [5, 5.41) is 5.62. The first-order valence-electron chi connectivity index (χ1n) is 11.7. The summed E-state index contributed by atoms with van der Waals surface area (Å²) in [5.41, 5.74) is 11.9. The van der Waals surface area contributed by atoms with Gasteiger partial charge in [-0.15, -0.1) is 0 Å². The Morgan fingerprint density at radius 2 is 1.76 bits per heavy atom. The second-order valence-electron chi connectivity index (χ2n) is 9.49. The van der Waals surface area contributed by atoms with Crippen molar-refractivity contribution in [3.8, 4) is 22.5 Å². The summed E-state index contributed by atoms with van der Waals surface area (Å²) in [6, 6.07) is 20.7. The van der Waals surface area contributed by atoms with Crippen molar-refractivity contribution in [1.29, 1.82) is 0 Å². The lowest BCUT2D eigenvalue weighted by atomic mass is 9.74. The number of nitrogen functional groups attached to an aromatic ring is 1. The van der Waals surface area contributed by atoms with E-state index in [1.165, 1.54) is 6.33 Å². The Balaban J connectivity index is 1.43. The molecule has 0 amide bonds. The summed E-state index contributed by atoms with van der Waals surface area (Å²) >= 11 is 0. The molecule has 6 rings (SSSR count). The third-order valence-electron chi connectivity index (χ3n) is 6.75. The number of nitrogens with two attached hydrogens (primary N) is 1. The van der Waals surface area contributed by atoms with Crippen LogP contribution in [-0.4, -0.2) is 50.1 Å². The van der Waals surface area contributed by atoms with Crippen LogP contribution >= 0.6 is 0 Å². The highest BCUT2D eigenvalue weighted by molar-refractivity contribution is 5.91. The van der Waals surface area contributed by atoms with Crippen molar-refractivity contribution < 1.29 is 0 Å². The van der Waals surface area contributed by atoms with Crippen molar-refractivity contribution in [2.24, 2.45) is 5.92 Å². The molecule has 170 valence electrons. The number of imidazole rings is 1. The van der Waals surface area contributed by atoms with Crippen molar-refractivity contribution >= 4 is 22.2 Å². The molecule has 34 heavy (non-hydrogen) atoms. The molecular weight excluding hydrogens is 422 g/mol. The molecule has 0 saturated heterocycles. The molecule has 0 atom stereocenters. The molecule has 1 aliphatic carbocycles. The minimum atomic E-state index is 0.378. The predicted molar refractivity (Wildman–Crippen MR) is 135 cm³/mol. The van der Waals surface area contributed by atoms with Crippen molar-refractivity contribution in [2.75, 3.05) is 26.4 Å². The predicted octanol–water partition coefficient (Wildman–Crippen LogP) is 4.64. The second-order valence-corrected chi connectivity index (χ2v) is 9.49. The first-order valence-corrected chi connectivity index (χ1v) is 11.7. The topological polar surface area (TPSA) is 85.2 Å². The Kier molecular flexibility index (Phi) is 4.99. The minimum Gasteiger partial charge on any atom is -0.382 e. The highest BCUT2D eigenvalue weighted by Crippen LogP contribution is 2.43. The summed E-state index contributed by atoms with van der Waals surface area (Å²) < 4.78 is 1.90. The van der Waals surface area contributed by atoms with Gasteiger partial charge < -0.3 is 10.6 Å². The van der Waals surface area contributed by atoms with Crippen LogP contribution in [0, 0.1) is 5.92 Å². The van der Waals surface area contributed by atoms with Crippen LogP contribution < -0.4 is 5.73 Å². The average Bonchev–Trinajstić information content (AvgIpc) is 3.21. The summed E-state index contributed by atoms with van der Waals surface area (Å²) in [6.07, 6.45) is 3.74. The van der Waals surface area contributed by atoms with E-state index in [1.807, 2.05) is 22.7 Å². The molecule has 0 spiro atoms. The van der Waals surface area contributed by atoms with Crippen LogP contribution in [0.3, 0.4) is 0 Å². The molecule has 3 aromatic heterocycles. The van der Waals surface area contributed by atoms with Gasteiger partial charge >= 0.3 is 0 Å². The number of benzene rings is 2. The Labute approximate surface area is 198 Å². The Bertz CT molecular complexity index is 1480. The van der Waals surface area contributed by atoms with Crippen molar-refractivity contribution in [3.63, 3.8) is 0 Å². The Hall–Kier alpha value is -3.84. The zero-order chi connectivity index (χ0) is 23.2. The number of aromatic nitrogens is 5. The summed E-state index contributed by atoms with van der Waals surface area (Å²) in [6.45, 7) is 1.10.